The van der Waals surface area contributed by atoms with Crippen molar-refractivity contribution < 1.29 is 51.5 Å². The maximum atomic E-state index is 12.2. The van der Waals surface area contributed by atoms with Gasteiger partial charge in [0, 0.05) is 24.1 Å². The maximum absolute atomic E-state index is 12.2. The lowest BCUT2D eigenvalue weighted by Gasteiger charge is -2.15. The van der Waals surface area contributed by atoms with Crippen LogP contribution in [0.5, 0.6) is 0 Å². The van der Waals surface area contributed by atoms with Crippen LogP contribution in [0.15, 0.2) is 84.7 Å². The molecule has 0 atom stereocenters. The van der Waals surface area contributed by atoms with Crippen LogP contribution in [0.1, 0.15) is 11.1 Å². The zero-order valence-corrected chi connectivity index (χ0v) is 28.3. The van der Waals surface area contributed by atoms with Gasteiger partial charge in [-0.25, -0.2) is 17.6 Å². The first-order chi connectivity index (χ1) is 22.7. The van der Waals surface area contributed by atoms with E-state index >= 15 is 0 Å². The van der Waals surface area contributed by atoms with Crippen molar-refractivity contribution in [2.24, 2.45) is 20.5 Å². The van der Waals surface area contributed by atoms with Gasteiger partial charge in [0.05, 0.1) is 34.2 Å². The summed E-state index contributed by atoms with van der Waals surface area (Å²) in [6.07, 6.45) is 0. The van der Waals surface area contributed by atoms with Gasteiger partial charge in [0.1, 0.15) is 28.2 Å². The molecule has 49 heavy (non-hydrogen) atoms. The molecule has 0 aliphatic rings. The maximum Gasteiger partial charge on any atom is 0.397 e. The molecule has 1 heterocycles. The van der Waals surface area contributed by atoms with Crippen LogP contribution in [0.25, 0.3) is 0 Å². The van der Waals surface area contributed by atoms with Gasteiger partial charge in [0.2, 0.25) is 0 Å². The summed E-state index contributed by atoms with van der Waals surface area (Å²) in [5.74, 6) is -0.660. The fraction of sp³-hybridized carbons (Fsp3) is 0.200. The number of hydrogen-bond acceptors (Lipinski definition) is 17. The van der Waals surface area contributed by atoms with E-state index in [1.165, 1.54) is 25.1 Å². The van der Waals surface area contributed by atoms with Crippen LogP contribution < -0.4 is 10.6 Å². The summed E-state index contributed by atoms with van der Waals surface area (Å²) < 4.78 is 124. The van der Waals surface area contributed by atoms with Crippen LogP contribution in [0.3, 0.4) is 0 Å². The average molecular weight is 759 g/mol. The zero-order chi connectivity index (χ0) is 36.6. The van der Waals surface area contributed by atoms with E-state index in [9.17, 15) is 43.5 Å². The second kappa shape index (κ2) is 15.7. The van der Waals surface area contributed by atoms with Gasteiger partial charge in [0.15, 0.2) is 15.7 Å². The first-order valence-electron chi connectivity index (χ1n) is 13.2. The third-order valence-electron chi connectivity index (χ3n) is 5.98. The zero-order valence-electron chi connectivity index (χ0n) is 25.0. The highest BCUT2D eigenvalue weighted by Crippen LogP contribution is 2.36. The van der Waals surface area contributed by atoms with Crippen molar-refractivity contribution in [3.8, 4) is 6.07 Å². The molecule has 262 valence electrons. The van der Waals surface area contributed by atoms with Crippen molar-refractivity contribution in [2.45, 2.75) is 16.7 Å². The lowest BCUT2D eigenvalue weighted by molar-refractivity contribution is 0.278. The second-order valence-electron chi connectivity index (χ2n) is 9.40. The Morgan fingerprint density at radius 3 is 2.04 bits per heavy atom. The lowest BCUT2D eigenvalue weighted by Crippen LogP contribution is -2.17. The summed E-state index contributed by atoms with van der Waals surface area (Å²) in [4.78, 5) is 3.07. The summed E-state index contributed by atoms with van der Waals surface area (Å²) in [6.45, 7) is 3.53. The predicted molar refractivity (Wildman–Crippen MR) is 173 cm³/mol. The van der Waals surface area contributed by atoms with Crippen molar-refractivity contribution in [3.63, 3.8) is 0 Å². The van der Waals surface area contributed by atoms with Crippen molar-refractivity contribution in [1.29, 1.82) is 5.26 Å². The van der Waals surface area contributed by atoms with Gasteiger partial charge in [-0.2, -0.15) is 40.7 Å². The Bertz CT molecular complexity index is 2290. The number of aromatic nitrogens is 1. The molecule has 0 saturated carbocycles. The number of rotatable bonds is 16. The van der Waals surface area contributed by atoms with E-state index in [0.29, 0.717) is 0 Å². The van der Waals surface area contributed by atoms with Crippen LogP contribution in [0.2, 0.25) is 0 Å². The molecule has 0 saturated heterocycles. The molecule has 0 bridgehead atoms. The highest BCUT2D eigenvalue weighted by Gasteiger charge is 2.20. The van der Waals surface area contributed by atoms with Crippen LogP contribution in [-0.4, -0.2) is 77.8 Å². The topological polar surface area (TPSA) is 317 Å². The van der Waals surface area contributed by atoms with Crippen LogP contribution in [0, 0.1) is 18.3 Å². The standard InChI is InChI=1S/C25H26N8O12S4/c1-3-46(34,35)13-11-28-24-20(15-26)16(2)23(25(29-24)27-10-12-45-49(42,43)44)33-32-21-9-6-18(14-22(21)48(39,40)41)31-30-17-4-7-19(8-5-17)47(36,37)38/h3-9,14H,1,10-13H2,2H3,(H2,27,28,29)(H,36,37,38)(H,39,40,41)(H,42,43,44)/b31-30+,33-32+. The predicted octanol–water partition coefficient (Wildman–Crippen LogP) is 3.79. The van der Waals surface area contributed by atoms with Gasteiger partial charge in [-0.15, -0.1) is 10.2 Å². The molecule has 0 radical (unpaired) electrons. The third kappa shape index (κ3) is 11.4. The summed E-state index contributed by atoms with van der Waals surface area (Å²) in [5.41, 5.74) is -0.541. The molecular weight excluding hydrogens is 733 g/mol. The molecule has 0 aliphatic carbocycles. The van der Waals surface area contributed by atoms with E-state index in [2.05, 4.69) is 46.8 Å². The Hall–Kier alpha value is -4.74. The van der Waals surface area contributed by atoms with Gasteiger partial charge in [0.25, 0.3) is 20.2 Å². The summed E-state index contributed by atoms with van der Waals surface area (Å²) in [7, 11) is -17.8. The molecular formula is C25H26N8O12S4. The molecule has 0 spiro atoms. The fourth-order valence-corrected chi connectivity index (χ4v) is 5.64. The molecule has 20 nitrogen and oxygen atoms in total. The van der Waals surface area contributed by atoms with Gasteiger partial charge < -0.3 is 10.6 Å². The Morgan fingerprint density at radius 1 is 0.857 bits per heavy atom. The van der Waals surface area contributed by atoms with Gasteiger partial charge in [-0.1, -0.05) is 6.58 Å². The highest BCUT2D eigenvalue weighted by molar-refractivity contribution is 7.94. The molecule has 1 aromatic heterocycles. The quantitative estimate of drug-likeness (QED) is 0.0788. The van der Waals surface area contributed by atoms with E-state index in [4.69, 9.17) is 9.11 Å². The largest absolute Gasteiger partial charge is 0.397 e. The first kappa shape index (κ1) is 38.7. The summed E-state index contributed by atoms with van der Waals surface area (Å²) in [6, 6.07) is 9.72. The van der Waals surface area contributed by atoms with Gasteiger partial charge in [-0.3, -0.25) is 13.7 Å². The molecule has 3 aromatic rings. The monoisotopic (exact) mass is 758 g/mol. The first-order valence-corrected chi connectivity index (χ1v) is 19.1. The summed E-state index contributed by atoms with van der Waals surface area (Å²) >= 11 is 0. The Kier molecular flexibility index (Phi) is 12.4. The Labute approximate surface area is 280 Å². The van der Waals surface area contributed by atoms with Crippen LogP contribution >= 0.6 is 0 Å². The number of hydrogen-bond donors (Lipinski definition) is 5. The highest BCUT2D eigenvalue weighted by atomic mass is 32.3. The molecule has 0 fully saturated rings. The van der Waals surface area contributed by atoms with Crippen molar-refractivity contribution in [3.05, 3.63) is 65.6 Å². The Morgan fingerprint density at radius 2 is 1.47 bits per heavy atom. The SMILES string of the molecule is C=CS(=O)(=O)CCNc1nc(NCCOS(=O)(=O)O)c(/N=N/c2ccc(/N=N/c3ccc(S(=O)(=O)O)cc3)cc2S(=O)(=O)O)c(C)c1C#N. The molecule has 0 aliphatic heterocycles. The van der Waals surface area contributed by atoms with Crippen molar-refractivity contribution >= 4 is 74.9 Å². The van der Waals surface area contributed by atoms with Gasteiger partial charge >= 0.3 is 10.4 Å². The Balaban J connectivity index is 2.03. The molecule has 3 rings (SSSR count). The molecule has 0 amide bonds. The minimum absolute atomic E-state index is 0.0925. The van der Waals surface area contributed by atoms with Crippen LogP contribution in [-0.2, 0) is 44.7 Å². The number of anilines is 2. The number of azo groups is 2. The van der Waals surface area contributed by atoms with Crippen molar-refractivity contribution in [1.82, 2.24) is 4.98 Å². The second-order valence-corrected chi connectivity index (χ2v) is 15.4. The number of nitriles is 1. The number of nitrogens with one attached hydrogen (secondary N) is 2. The van der Waals surface area contributed by atoms with E-state index in [1.54, 1.807) is 0 Å². The average Bonchev–Trinajstić information content (AvgIpc) is 3.01. The number of pyridine rings is 1. The fourth-order valence-electron chi connectivity index (χ4n) is 3.67. The molecule has 2 aromatic carbocycles. The number of sulfone groups is 1. The van der Waals surface area contributed by atoms with E-state index in [-0.39, 0.29) is 52.9 Å². The minimum Gasteiger partial charge on any atom is -0.368 e. The normalized spacial score (nSPS) is 12.6. The number of benzene rings is 2. The van der Waals surface area contributed by atoms with Crippen LogP contribution in [0.4, 0.5) is 34.4 Å². The molecule has 24 heteroatoms. The lowest BCUT2D eigenvalue weighted by atomic mass is 10.1. The minimum atomic E-state index is -4.96. The van der Waals surface area contributed by atoms with Gasteiger partial charge in [-0.05, 0) is 49.4 Å². The summed E-state index contributed by atoms with van der Waals surface area (Å²) in [5, 5.41) is 31.6. The number of nitrogens with zero attached hydrogens (tertiary/aromatic N) is 6. The van der Waals surface area contributed by atoms with E-state index in [0.717, 1.165) is 29.7 Å². The van der Waals surface area contributed by atoms with E-state index in [1.807, 2.05) is 6.07 Å². The molecule has 5 N–H and O–H groups in total. The third-order valence-corrected chi connectivity index (χ3v) is 9.48. The smallest absolute Gasteiger partial charge is 0.368 e. The van der Waals surface area contributed by atoms with Crippen molar-refractivity contribution in [2.75, 3.05) is 36.1 Å². The van der Waals surface area contributed by atoms with E-state index < -0.39 is 68.3 Å². The molecule has 0 unspecified atom stereocenters.